The molecule has 0 saturated carbocycles. The summed E-state index contributed by atoms with van der Waals surface area (Å²) >= 11 is 0. The number of nitrogens with one attached hydrogen (secondary N) is 1. The molecule has 0 bridgehead atoms. The fourth-order valence-corrected chi connectivity index (χ4v) is 2.82. The van der Waals surface area contributed by atoms with Gasteiger partial charge in [0.25, 0.3) is 5.56 Å². The summed E-state index contributed by atoms with van der Waals surface area (Å²) in [4.78, 5) is 43.3. The predicted molar refractivity (Wildman–Crippen MR) is 83.6 cm³/mol. The maximum Gasteiger partial charge on any atom is 0.377 e. The van der Waals surface area contributed by atoms with E-state index in [0.29, 0.717) is 0 Å². The molecule has 0 amide bonds. The van der Waals surface area contributed by atoms with E-state index in [0.717, 1.165) is 21.5 Å². The van der Waals surface area contributed by atoms with Crippen molar-refractivity contribution in [1.29, 1.82) is 0 Å². The summed E-state index contributed by atoms with van der Waals surface area (Å²) in [6, 6.07) is 1.11. The number of ether oxygens (including phenoxy) is 2. The lowest BCUT2D eigenvalue weighted by molar-refractivity contribution is -0.0353. The van der Waals surface area contributed by atoms with Crippen LogP contribution in [-0.4, -0.2) is 52.7 Å². The molecule has 0 fully saturated rings. The molecule has 2 atom stereocenters. The van der Waals surface area contributed by atoms with Gasteiger partial charge < -0.3 is 24.4 Å². The molecule has 0 saturated heterocycles. The Morgan fingerprint density at radius 1 is 1.42 bits per heavy atom. The Bertz CT molecular complexity index is 1020. The predicted octanol–water partition coefficient (Wildman–Crippen LogP) is -2.06. The fraction of sp³-hybridized carbons (Fsp3) is 0.333. The maximum atomic E-state index is 11.9. The zero-order valence-electron chi connectivity index (χ0n) is 13.2. The van der Waals surface area contributed by atoms with E-state index < -0.39 is 36.6 Å². The Morgan fingerprint density at radius 2 is 2.15 bits per heavy atom. The van der Waals surface area contributed by atoms with E-state index in [9.17, 15) is 19.3 Å². The Morgan fingerprint density at radius 3 is 2.73 bits per heavy atom. The third-order valence-electron chi connectivity index (χ3n) is 3.59. The summed E-state index contributed by atoms with van der Waals surface area (Å²) in [7, 11) is -3.27. The second kappa shape index (κ2) is 6.53. The summed E-state index contributed by atoms with van der Waals surface area (Å²) in [6.45, 7) is -0.215. The van der Waals surface area contributed by atoms with E-state index in [2.05, 4.69) is 15.3 Å². The molecule has 26 heavy (non-hydrogen) atoms. The quantitative estimate of drug-likeness (QED) is 0.417. The number of aliphatic hydroxyl groups excluding tert-OH is 1. The number of hydrogen-bond acceptors (Lipinski definition) is 8. The van der Waals surface area contributed by atoms with Crippen LogP contribution in [-0.2, 0) is 20.6 Å². The summed E-state index contributed by atoms with van der Waals surface area (Å²) in [6.07, 6.45) is 0.0590. The molecule has 4 N–H and O–H groups in total. The minimum absolute atomic E-state index is 0.0397. The number of rotatable bonds is 5. The minimum Gasteiger partial charge on any atom is -0.506 e. The number of methoxy groups -OCH3 is 1. The van der Waals surface area contributed by atoms with Gasteiger partial charge in [-0.2, -0.15) is 0 Å². The molecular weight excluding hydrogens is 373 g/mol. The van der Waals surface area contributed by atoms with Crippen molar-refractivity contribution in [3.63, 3.8) is 0 Å². The monoisotopic (exact) mass is 387 g/mol. The van der Waals surface area contributed by atoms with Gasteiger partial charge in [0.05, 0.1) is 6.20 Å². The molecule has 140 valence electrons. The molecule has 2 aromatic rings. The van der Waals surface area contributed by atoms with Crippen LogP contribution >= 0.6 is 7.60 Å². The number of aromatic nitrogens is 5. The van der Waals surface area contributed by atoms with Gasteiger partial charge in [0.15, 0.2) is 23.1 Å². The first-order valence-corrected chi connectivity index (χ1v) is 8.71. The number of aliphatic hydroxyl groups is 1. The van der Waals surface area contributed by atoms with Gasteiger partial charge >= 0.3 is 13.3 Å². The van der Waals surface area contributed by atoms with Gasteiger partial charge in [-0.1, -0.05) is 5.21 Å². The largest absolute Gasteiger partial charge is 0.506 e. The molecule has 1 aliphatic heterocycles. The summed E-state index contributed by atoms with van der Waals surface area (Å²) in [5, 5.41) is 17.2. The van der Waals surface area contributed by atoms with E-state index in [1.165, 1.54) is 13.3 Å². The second-order valence-electron chi connectivity index (χ2n) is 5.31. The van der Waals surface area contributed by atoms with Crippen LogP contribution in [0.1, 0.15) is 6.23 Å². The van der Waals surface area contributed by atoms with Crippen LogP contribution in [0.2, 0.25) is 0 Å². The first-order valence-electron chi connectivity index (χ1n) is 7.10. The number of hydrogen-bond donors (Lipinski definition) is 4. The van der Waals surface area contributed by atoms with Crippen LogP contribution in [0.15, 0.2) is 39.6 Å². The highest BCUT2D eigenvalue weighted by Crippen LogP contribution is 2.34. The van der Waals surface area contributed by atoms with Gasteiger partial charge in [0, 0.05) is 19.4 Å². The van der Waals surface area contributed by atoms with E-state index in [4.69, 9.17) is 19.3 Å². The van der Waals surface area contributed by atoms with Crippen LogP contribution in [0.4, 0.5) is 0 Å². The minimum atomic E-state index is -4.56. The molecule has 0 aromatic carbocycles. The first kappa shape index (κ1) is 18.1. The van der Waals surface area contributed by atoms with Crippen molar-refractivity contribution in [2.75, 3.05) is 7.11 Å². The summed E-state index contributed by atoms with van der Waals surface area (Å²) in [5.41, 5.74) is -1.89. The van der Waals surface area contributed by atoms with Gasteiger partial charge in [-0.05, 0) is 0 Å². The van der Waals surface area contributed by atoms with Gasteiger partial charge in [-0.3, -0.25) is 18.9 Å². The van der Waals surface area contributed by atoms with Crippen molar-refractivity contribution in [3.8, 4) is 0 Å². The zero-order valence-corrected chi connectivity index (χ0v) is 14.1. The number of allylic oxidation sites excluding steroid dienone is 1. The Kier molecular flexibility index (Phi) is 4.54. The standard InChI is InChI=1S/C12H14N5O8P/c1-24-10-9(19)6(4-16-5-8(14-15-16)26(21,22)23)25-11(10)17-3-2-7(18)13-12(17)20/h2-3,5,10-11,19H,4H2,1H3,(H,13,18,20)(H2,21,22,23)/t10?,11-/m1/s1. The number of H-pyrrole nitrogens is 1. The SMILES string of the molecule is COC1C(O)=C(Cn2cc(P(=O)(O)O)nn2)O[C@H]1n1ccc(=O)[nH]c1=O. The molecule has 3 rings (SSSR count). The highest BCUT2D eigenvalue weighted by molar-refractivity contribution is 7.59. The Balaban J connectivity index is 1.88. The third kappa shape index (κ3) is 3.32. The molecule has 0 aliphatic carbocycles. The van der Waals surface area contributed by atoms with E-state index >= 15 is 0 Å². The van der Waals surface area contributed by atoms with Crippen LogP contribution in [0.25, 0.3) is 0 Å². The topological polar surface area (TPSA) is 182 Å². The zero-order chi connectivity index (χ0) is 19.1. The second-order valence-corrected chi connectivity index (χ2v) is 6.86. The molecule has 1 unspecified atom stereocenters. The van der Waals surface area contributed by atoms with Crippen LogP contribution in [0, 0.1) is 0 Å². The van der Waals surface area contributed by atoms with Crippen LogP contribution in [0.3, 0.4) is 0 Å². The normalized spacial score (nSPS) is 20.4. The average molecular weight is 387 g/mol. The lowest BCUT2D eigenvalue weighted by atomic mass is 10.2. The van der Waals surface area contributed by atoms with E-state index in [1.54, 1.807) is 0 Å². The van der Waals surface area contributed by atoms with Crippen LogP contribution in [0.5, 0.6) is 0 Å². The summed E-state index contributed by atoms with van der Waals surface area (Å²) < 4.78 is 23.9. The Labute approximate surface area is 144 Å². The molecule has 2 aromatic heterocycles. The van der Waals surface area contributed by atoms with E-state index in [1.807, 2.05) is 0 Å². The maximum absolute atomic E-state index is 11.9. The smallest absolute Gasteiger partial charge is 0.377 e. The van der Waals surface area contributed by atoms with Gasteiger partial charge in [-0.15, -0.1) is 5.10 Å². The highest BCUT2D eigenvalue weighted by Gasteiger charge is 2.39. The average Bonchev–Trinajstić information content (AvgIpc) is 3.13. The van der Waals surface area contributed by atoms with Gasteiger partial charge in [0.1, 0.15) is 6.54 Å². The Hall–Kier alpha value is -2.73. The highest BCUT2D eigenvalue weighted by atomic mass is 31.2. The molecular formula is C12H14N5O8P. The number of aromatic amines is 1. The van der Waals surface area contributed by atoms with Gasteiger partial charge in [-0.25, -0.2) is 9.48 Å². The molecule has 0 spiro atoms. The van der Waals surface area contributed by atoms with Crippen molar-refractivity contribution in [2.24, 2.45) is 0 Å². The van der Waals surface area contributed by atoms with E-state index in [-0.39, 0.29) is 18.1 Å². The lowest BCUT2D eigenvalue weighted by Gasteiger charge is -2.19. The van der Waals surface area contributed by atoms with Crippen molar-refractivity contribution in [3.05, 3.63) is 50.8 Å². The third-order valence-corrected chi connectivity index (χ3v) is 4.39. The molecule has 14 heteroatoms. The van der Waals surface area contributed by atoms with Crippen LogP contribution < -0.4 is 16.7 Å². The van der Waals surface area contributed by atoms with Crippen molar-refractivity contribution < 1.29 is 28.9 Å². The lowest BCUT2D eigenvalue weighted by Crippen LogP contribution is -2.36. The first-order chi connectivity index (χ1) is 12.2. The van der Waals surface area contributed by atoms with Crippen molar-refractivity contribution >= 4 is 13.0 Å². The number of nitrogens with zero attached hydrogens (tertiary/aromatic N) is 4. The summed E-state index contributed by atoms with van der Waals surface area (Å²) in [5.74, 6) is -0.369. The molecule has 13 nitrogen and oxygen atoms in total. The van der Waals surface area contributed by atoms with Crippen molar-refractivity contribution in [2.45, 2.75) is 18.9 Å². The van der Waals surface area contributed by atoms with Gasteiger partial charge in [0.2, 0.25) is 6.23 Å². The molecule has 0 radical (unpaired) electrons. The fourth-order valence-electron chi connectivity index (χ4n) is 2.38. The van der Waals surface area contributed by atoms with Crippen molar-refractivity contribution in [1.82, 2.24) is 24.5 Å². The molecule has 3 heterocycles. The molecule has 1 aliphatic rings.